The molecule has 0 spiro atoms. The van der Waals surface area contributed by atoms with Crippen LogP contribution in [0.15, 0.2) is 53.4 Å². The lowest BCUT2D eigenvalue weighted by atomic mass is 10.1. The molecule has 6 nitrogen and oxygen atoms in total. The first-order valence-electron chi connectivity index (χ1n) is 7.89. The van der Waals surface area contributed by atoms with E-state index in [4.69, 9.17) is 0 Å². The summed E-state index contributed by atoms with van der Waals surface area (Å²) in [6.45, 7) is 2.24. The Morgan fingerprint density at radius 2 is 1.70 bits per heavy atom. The summed E-state index contributed by atoms with van der Waals surface area (Å²) in [5.74, 6) is -1.37. The molecule has 0 radical (unpaired) electrons. The van der Waals surface area contributed by atoms with Gasteiger partial charge in [0, 0.05) is 6.54 Å². The molecule has 0 aromatic heterocycles. The van der Waals surface area contributed by atoms with Gasteiger partial charge in [-0.25, -0.2) is 8.42 Å². The molecular weight excluding hydrogens is 385 g/mol. The predicted molar refractivity (Wildman–Crippen MR) is 93.0 cm³/mol. The van der Waals surface area contributed by atoms with E-state index in [0.717, 1.165) is 12.1 Å². The quantitative estimate of drug-likeness (QED) is 0.742. The van der Waals surface area contributed by atoms with E-state index >= 15 is 0 Å². The number of halogens is 3. The van der Waals surface area contributed by atoms with Crippen molar-refractivity contribution in [1.82, 2.24) is 5.32 Å². The van der Waals surface area contributed by atoms with E-state index in [1.807, 2.05) is 6.92 Å². The molecule has 10 heteroatoms. The van der Waals surface area contributed by atoms with E-state index in [9.17, 15) is 26.4 Å². The predicted octanol–water partition coefficient (Wildman–Crippen LogP) is 3.53. The standard InChI is InChI=1S/C17H17F3N2O4S/c1-2-11-21-16(23)12-7-3-4-8-13(12)22-27(24,25)15-10-6-5-9-14(15)26-17(18,19)20/h3-10,22H,2,11H2,1H3,(H,21,23). The summed E-state index contributed by atoms with van der Waals surface area (Å²) in [5.41, 5.74) is -0.0170. The third-order valence-corrected chi connectivity index (χ3v) is 4.72. The summed E-state index contributed by atoms with van der Waals surface area (Å²) in [4.78, 5) is 11.5. The molecule has 2 N–H and O–H groups in total. The van der Waals surface area contributed by atoms with E-state index < -0.39 is 32.9 Å². The fourth-order valence-electron chi connectivity index (χ4n) is 2.18. The van der Waals surface area contributed by atoms with E-state index in [0.29, 0.717) is 13.0 Å². The highest BCUT2D eigenvalue weighted by atomic mass is 32.2. The monoisotopic (exact) mass is 402 g/mol. The first kappa shape index (κ1) is 20.6. The minimum Gasteiger partial charge on any atom is -0.404 e. The number of anilines is 1. The van der Waals surface area contributed by atoms with Crippen molar-refractivity contribution in [3.63, 3.8) is 0 Å². The van der Waals surface area contributed by atoms with Crippen LogP contribution in [0.5, 0.6) is 5.75 Å². The van der Waals surface area contributed by atoms with Gasteiger partial charge < -0.3 is 10.1 Å². The highest BCUT2D eigenvalue weighted by molar-refractivity contribution is 7.92. The van der Waals surface area contributed by atoms with Crippen LogP contribution in [0.25, 0.3) is 0 Å². The molecule has 0 unspecified atom stereocenters. The minimum atomic E-state index is -5.05. The zero-order chi connectivity index (χ0) is 20.1. The van der Waals surface area contributed by atoms with Crippen LogP contribution >= 0.6 is 0 Å². The Morgan fingerprint density at radius 3 is 2.37 bits per heavy atom. The van der Waals surface area contributed by atoms with Gasteiger partial charge >= 0.3 is 6.36 Å². The van der Waals surface area contributed by atoms with Gasteiger partial charge in [-0.3, -0.25) is 9.52 Å². The molecule has 27 heavy (non-hydrogen) atoms. The fraction of sp³-hybridized carbons (Fsp3) is 0.235. The van der Waals surface area contributed by atoms with Crippen LogP contribution in [0.3, 0.4) is 0 Å². The number of hydrogen-bond acceptors (Lipinski definition) is 4. The molecule has 0 heterocycles. The Morgan fingerprint density at radius 1 is 1.07 bits per heavy atom. The summed E-state index contributed by atoms with van der Waals surface area (Å²) < 4.78 is 68.8. The van der Waals surface area contributed by atoms with Gasteiger partial charge in [-0.05, 0) is 30.7 Å². The van der Waals surface area contributed by atoms with Crippen molar-refractivity contribution in [3.05, 3.63) is 54.1 Å². The van der Waals surface area contributed by atoms with Crippen LogP contribution in [0, 0.1) is 0 Å². The minimum absolute atomic E-state index is 0.0451. The lowest BCUT2D eigenvalue weighted by Gasteiger charge is -2.16. The SMILES string of the molecule is CCCNC(=O)c1ccccc1NS(=O)(=O)c1ccccc1OC(F)(F)F. The van der Waals surface area contributed by atoms with E-state index in [2.05, 4.69) is 14.8 Å². The number of amides is 1. The number of ether oxygens (including phenoxy) is 1. The van der Waals surface area contributed by atoms with Crippen molar-refractivity contribution >= 4 is 21.6 Å². The van der Waals surface area contributed by atoms with Crippen molar-refractivity contribution in [3.8, 4) is 5.75 Å². The Labute approximate surface area is 154 Å². The van der Waals surface area contributed by atoms with Crippen LogP contribution in [0.2, 0.25) is 0 Å². The molecule has 0 fully saturated rings. The van der Waals surface area contributed by atoms with Crippen molar-refractivity contribution in [1.29, 1.82) is 0 Å². The second kappa shape index (κ2) is 8.30. The molecule has 0 aliphatic carbocycles. The fourth-order valence-corrected chi connectivity index (χ4v) is 3.39. The number of benzene rings is 2. The normalized spacial score (nSPS) is 11.7. The molecule has 1 amide bonds. The Balaban J connectivity index is 2.37. The molecule has 2 aromatic carbocycles. The van der Waals surface area contributed by atoms with Gasteiger partial charge in [0.05, 0.1) is 11.3 Å². The van der Waals surface area contributed by atoms with Crippen LogP contribution in [-0.4, -0.2) is 27.2 Å². The number of rotatable bonds is 7. The highest BCUT2D eigenvalue weighted by Gasteiger charge is 2.34. The van der Waals surface area contributed by atoms with Crippen LogP contribution in [0.4, 0.5) is 18.9 Å². The molecule has 0 saturated carbocycles. The van der Waals surface area contributed by atoms with Crippen molar-refractivity contribution < 1.29 is 31.1 Å². The third kappa shape index (κ3) is 5.61. The molecule has 146 valence electrons. The summed E-state index contributed by atoms with van der Waals surface area (Å²) in [7, 11) is -4.45. The first-order chi connectivity index (χ1) is 12.6. The first-order valence-corrected chi connectivity index (χ1v) is 9.37. The lowest BCUT2D eigenvalue weighted by Crippen LogP contribution is -2.26. The number of carbonyl (C=O) groups is 1. The van der Waals surface area contributed by atoms with E-state index in [-0.39, 0.29) is 11.3 Å². The Hall–Kier alpha value is -2.75. The highest BCUT2D eigenvalue weighted by Crippen LogP contribution is 2.31. The number of alkyl halides is 3. The summed E-state index contributed by atoms with van der Waals surface area (Å²) in [5, 5.41) is 2.61. The summed E-state index contributed by atoms with van der Waals surface area (Å²) in [6.07, 6.45) is -4.37. The van der Waals surface area contributed by atoms with Crippen LogP contribution in [-0.2, 0) is 10.0 Å². The second-order valence-corrected chi connectivity index (χ2v) is 7.05. The molecule has 2 rings (SSSR count). The Kier molecular flexibility index (Phi) is 6.32. The maximum absolute atomic E-state index is 12.6. The van der Waals surface area contributed by atoms with Gasteiger partial charge in [-0.15, -0.1) is 13.2 Å². The maximum atomic E-state index is 12.6. The molecule has 0 saturated heterocycles. The zero-order valence-corrected chi connectivity index (χ0v) is 15.0. The van der Waals surface area contributed by atoms with Gasteiger partial charge in [0.25, 0.3) is 15.9 Å². The maximum Gasteiger partial charge on any atom is 0.573 e. The van der Waals surface area contributed by atoms with Crippen LogP contribution in [0.1, 0.15) is 23.7 Å². The van der Waals surface area contributed by atoms with E-state index in [1.54, 1.807) is 6.07 Å². The Bertz CT molecular complexity index is 914. The van der Waals surface area contributed by atoms with Gasteiger partial charge in [0.1, 0.15) is 10.6 Å². The van der Waals surface area contributed by atoms with Crippen molar-refractivity contribution in [2.75, 3.05) is 11.3 Å². The van der Waals surface area contributed by atoms with Gasteiger partial charge in [-0.2, -0.15) is 0 Å². The number of para-hydroxylation sites is 2. The molecule has 0 aliphatic heterocycles. The smallest absolute Gasteiger partial charge is 0.404 e. The lowest BCUT2D eigenvalue weighted by molar-refractivity contribution is -0.275. The largest absolute Gasteiger partial charge is 0.573 e. The van der Waals surface area contributed by atoms with Crippen molar-refractivity contribution in [2.24, 2.45) is 0 Å². The zero-order valence-electron chi connectivity index (χ0n) is 14.2. The summed E-state index contributed by atoms with van der Waals surface area (Å²) >= 11 is 0. The number of carbonyl (C=O) groups excluding carboxylic acids is 1. The number of nitrogens with one attached hydrogen (secondary N) is 2. The average molecular weight is 402 g/mol. The van der Waals surface area contributed by atoms with Crippen molar-refractivity contribution in [2.45, 2.75) is 24.6 Å². The topological polar surface area (TPSA) is 84.5 Å². The molecule has 0 aliphatic rings. The van der Waals surface area contributed by atoms with Gasteiger partial charge in [-0.1, -0.05) is 31.2 Å². The van der Waals surface area contributed by atoms with Gasteiger partial charge in [0.2, 0.25) is 0 Å². The van der Waals surface area contributed by atoms with E-state index in [1.165, 1.54) is 30.3 Å². The molecule has 0 atom stereocenters. The third-order valence-electron chi connectivity index (χ3n) is 3.32. The number of hydrogen-bond donors (Lipinski definition) is 2. The molecule has 2 aromatic rings. The second-order valence-electron chi connectivity index (χ2n) is 5.40. The number of sulfonamides is 1. The summed E-state index contributed by atoms with van der Waals surface area (Å²) in [6, 6.07) is 10.1. The molecular formula is C17H17F3N2O4S. The van der Waals surface area contributed by atoms with Crippen LogP contribution < -0.4 is 14.8 Å². The van der Waals surface area contributed by atoms with Gasteiger partial charge in [0.15, 0.2) is 0 Å². The average Bonchev–Trinajstić information content (AvgIpc) is 2.58. The molecule has 0 bridgehead atoms.